The molecule has 10 nitrogen and oxygen atoms in total. The van der Waals surface area contributed by atoms with E-state index in [1.54, 1.807) is 20.8 Å². The minimum absolute atomic E-state index is 0.0383. The van der Waals surface area contributed by atoms with Gasteiger partial charge in [-0.15, -0.1) is 5.17 Å². The van der Waals surface area contributed by atoms with Gasteiger partial charge in [0.2, 0.25) is 5.82 Å². The highest BCUT2D eigenvalue weighted by Gasteiger charge is 2.56. The Kier molecular flexibility index (Phi) is 10.8. The summed E-state index contributed by atoms with van der Waals surface area (Å²) in [5.74, 6) is -6.95. The van der Waals surface area contributed by atoms with Crippen LogP contribution in [0.25, 0.3) is 11.3 Å². The van der Waals surface area contributed by atoms with E-state index in [1.807, 2.05) is 19.0 Å². The average molecular weight is 771 g/mol. The lowest BCUT2D eigenvalue weighted by molar-refractivity contribution is -0.171. The summed E-state index contributed by atoms with van der Waals surface area (Å²) in [5, 5.41) is 12.3. The van der Waals surface area contributed by atoms with Crippen molar-refractivity contribution >= 4 is 17.5 Å². The number of rotatable bonds is 10. The number of amides is 2. The number of primary amides is 1. The average Bonchev–Trinajstić information content (AvgIpc) is 3.38. The third-order valence-electron chi connectivity index (χ3n) is 9.88. The number of hydrogen-bond donors (Lipinski definition) is 2. The topological polar surface area (TPSA) is 125 Å². The first-order chi connectivity index (χ1) is 25.0. The lowest BCUT2D eigenvalue weighted by Crippen LogP contribution is -2.64. The quantitative estimate of drug-likeness (QED) is 0.129. The summed E-state index contributed by atoms with van der Waals surface area (Å²) in [5.41, 5.74) is -2.49. The van der Waals surface area contributed by atoms with Crippen LogP contribution < -0.4 is 15.5 Å². The van der Waals surface area contributed by atoms with E-state index < -0.39 is 92.6 Å². The van der Waals surface area contributed by atoms with Gasteiger partial charge in [0.1, 0.15) is 23.2 Å². The fourth-order valence-electron chi connectivity index (χ4n) is 7.06. The van der Waals surface area contributed by atoms with E-state index in [1.165, 1.54) is 12.1 Å². The van der Waals surface area contributed by atoms with E-state index in [2.05, 4.69) is 9.97 Å². The van der Waals surface area contributed by atoms with Crippen molar-refractivity contribution < 1.29 is 54.7 Å². The zero-order valence-corrected chi connectivity index (χ0v) is 29.8. The fraction of sp³-hybridized carbons (Fsp3) is 0.444. The number of hydroxylamine groups is 1. The van der Waals surface area contributed by atoms with Crippen LogP contribution in [-0.4, -0.2) is 68.8 Å². The van der Waals surface area contributed by atoms with Crippen LogP contribution in [0.3, 0.4) is 0 Å². The van der Waals surface area contributed by atoms with Gasteiger partial charge in [0, 0.05) is 12.1 Å². The molecule has 1 aliphatic carbocycles. The van der Waals surface area contributed by atoms with Crippen molar-refractivity contribution in [3.8, 4) is 17.0 Å². The highest BCUT2D eigenvalue weighted by atomic mass is 19.4. The van der Waals surface area contributed by atoms with Crippen LogP contribution in [0.1, 0.15) is 56.9 Å². The molecule has 18 heteroatoms. The summed E-state index contributed by atoms with van der Waals surface area (Å²) in [6.45, 7) is 5.75. The Morgan fingerprint density at radius 1 is 1.04 bits per heavy atom. The van der Waals surface area contributed by atoms with Gasteiger partial charge < -0.3 is 15.4 Å². The van der Waals surface area contributed by atoms with Crippen molar-refractivity contribution in [1.82, 2.24) is 20.0 Å². The molecular formula is C36H38F8N6O4. The minimum atomic E-state index is -5.03. The Balaban J connectivity index is 1.68. The first-order valence-electron chi connectivity index (χ1n) is 16.7. The Labute approximate surface area is 305 Å². The van der Waals surface area contributed by atoms with Gasteiger partial charge in [-0.1, -0.05) is 13.0 Å². The standard InChI is InChI=1S/C36H38F8N6O4/c1-19-10-11-34(24(19)14-20-6-9-27(30(38)29(20)37)54-33(2,3)12-13-48(4)5)17-23(31(45)51)32(52)50(53)49(34)26-8-7-21(35(39,40)41)15-22(26)25-16-28(36(42,43)44)47-18-46-25/h6-9,15-19,24,53H,10-14H2,1-5H3,(H2,45,51). The Morgan fingerprint density at radius 2 is 1.72 bits per heavy atom. The first kappa shape index (κ1) is 40.3. The summed E-state index contributed by atoms with van der Waals surface area (Å²) in [4.78, 5) is 34.8. The summed E-state index contributed by atoms with van der Waals surface area (Å²) < 4.78 is 121. The molecule has 54 heavy (non-hydrogen) atoms. The Hall–Kier alpha value is -4.84. The molecule has 2 aliphatic rings. The highest BCUT2D eigenvalue weighted by Crippen LogP contribution is 2.53. The van der Waals surface area contributed by atoms with Gasteiger partial charge in [0.15, 0.2) is 11.6 Å². The van der Waals surface area contributed by atoms with E-state index in [0.717, 1.165) is 17.2 Å². The zero-order chi connectivity index (χ0) is 40.1. The van der Waals surface area contributed by atoms with Crippen molar-refractivity contribution in [3.63, 3.8) is 0 Å². The number of anilines is 1. The lowest BCUT2D eigenvalue weighted by atomic mass is 9.76. The number of halogens is 8. The third-order valence-corrected chi connectivity index (χ3v) is 9.88. The molecule has 1 saturated carbocycles. The second-order valence-corrected chi connectivity index (χ2v) is 14.4. The van der Waals surface area contributed by atoms with Crippen LogP contribution in [-0.2, 0) is 28.4 Å². The monoisotopic (exact) mass is 770 g/mol. The molecule has 0 saturated heterocycles. The van der Waals surface area contributed by atoms with Crippen molar-refractivity contribution in [2.75, 3.05) is 25.6 Å². The molecule has 2 aromatic carbocycles. The second-order valence-electron chi connectivity index (χ2n) is 14.4. The maximum Gasteiger partial charge on any atom is 0.433 e. The van der Waals surface area contributed by atoms with Gasteiger partial charge in [-0.05, 0) is 107 Å². The van der Waals surface area contributed by atoms with Gasteiger partial charge in [-0.3, -0.25) is 14.8 Å². The van der Waals surface area contributed by atoms with Crippen LogP contribution in [0.4, 0.5) is 40.8 Å². The van der Waals surface area contributed by atoms with Gasteiger partial charge in [-0.2, -0.15) is 30.7 Å². The van der Waals surface area contributed by atoms with Crippen LogP contribution in [0.2, 0.25) is 0 Å². The molecule has 1 spiro atoms. The van der Waals surface area contributed by atoms with Gasteiger partial charge >= 0.3 is 18.3 Å². The molecule has 1 aliphatic heterocycles. The van der Waals surface area contributed by atoms with Crippen molar-refractivity contribution in [3.05, 3.63) is 82.8 Å². The van der Waals surface area contributed by atoms with E-state index >= 15 is 8.78 Å². The number of nitrogens with two attached hydrogens (primary N) is 1. The fourth-order valence-corrected chi connectivity index (χ4v) is 7.06. The van der Waals surface area contributed by atoms with Crippen LogP contribution >= 0.6 is 0 Å². The molecule has 2 amide bonds. The third kappa shape index (κ3) is 7.85. The number of carbonyl (C=O) groups is 2. The van der Waals surface area contributed by atoms with Crippen molar-refractivity contribution in [2.45, 2.75) is 69.9 Å². The van der Waals surface area contributed by atoms with E-state index in [9.17, 15) is 41.1 Å². The van der Waals surface area contributed by atoms with Gasteiger partial charge in [-0.25, -0.2) is 19.4 Å². The lowest BCUT2D eigenvalue weighted by Gasteiger charge is -2.51. The summed E-state index contributed by atoms with van der Waals surface area (Å²) in [6, 6.07) is 4.88. The largest absolute Gasteiger partial charge is 0.485 e. The molecule has 3 atom stereocenters. The maximum absolute atomic E-state index is 15.9. The molecular weight excluding hydrogens is 732 g/mol. The Bertz CT molecular complexity index is 1970. The highest BCUT2D eigenvalue weighted by molar-refractivity contribution is 6.18. The molecule has 1 aromatic heterocycles. The molecule has 2 heterocycles. The van der Waals surface area contributed by atoms with Crippen molar-refractivity contribution in [1.29, 1.82) is 0 Å². The zero-order valence-electron chi connectivity index (χ0n) is 29.8. The molecule has 3 aromatic rings. The minimum Gasteiger partial charge on any atom is -0.485 e. The maximum atomic E-state index is 15.9. The van der Waals surface area contributed by atoms with Crippen LogP contribution in [0.15, 0.2) is 54.4 Å². The first-order valence-corrected chi connectivity index (χ1v) is 16.7. The SMILES string of the molecule is CC1CCC2(C=C(C(N)=O)C(=O)N(O)N2c2ccc(C(F)(F)F)cc2-c2cc(C(F)(F)F)ncn2)C1Cc1ccc(OC(C)(C)CCN(C)C)c(F)c1F. The van der Waals surface area contributed by atoms with Gasteiger partial charge in [0.05, 0.1) is 22.5 Å². The number of ether oxygens (including phenoxy) is 1. The summed E-state index contributed by atoms with van der Waals surface area (Å²) in [7, 11) is 3.70. The number of hydrazine groups is 1. The van der Waals surface area contributed by atoms with E-state index in [-0.39, 0.29) is 35.7 Å². The van der Waals surface area contributed by atoms with Crippen molar-refractivity contribution in [2.24, 2.45) is 17.6 Å². The normalized spacial score (nSPS) is 20.9. The molecule has 5 rings (SSSR count). The second kappa shape index (κ2) is 14.4. The number of aromatic nitrogens is 2. The van der Waals surface area contributed by atoms with Crippen LogP contribution in [0, 0.1) is 23.5 Å². The summed E-state index contributed by atoms with van der Waals surface area (Å²) >= 11 is 0. The van der Waals surface area contributed by atoms with E-state index in [4.69, 9.17) is 10.5 Å². The predicted octanol–water partition coefficient (Wildman–Crippen LogP) is 6.96. The van der Waals surface area contributed by atoms with Gasteiger partial charge in [0.25, 0.3) is 5.91 Å². The summed E-state index contributed by atoms with van der Waals surface area (Å²) in [6.07, 6.45) is -8.01. The predicted molar refractivity (Wildman–Crippen MR) is 178 cm³/mol. The smallest absolute Gasteiger partial charge is 0.433 e. The number of benzene rings is 2. The number of carbonyl (C=O) groups excluding carboxylic acids is 2. The molecule has 0 radical (unpaired) electrons. The van der Waals surface area contributed by atoms with E-state index in [0.29, 0.717) is 37.5 Å². The molecule has 3 N–H and O–H groups in total. The molecule has 292 valence electrons. The molecule has 3 unspecified atom stereocenters. The molecule has 1 fully saturated rings. The Morgan fingerprint density at radius 3 is 2.33 bits per heavy atom. The van der Waals surface area contributed by atoms with Crippen LogP contribution in [0.5, 0.6) is 5.75 Å². The number of alkyl halides is 6. The number of hydrogen-bond acceptors (Lipinski definition) is 8. The number of nitrogens with zero attached hydrogens (tertiary/aromatic N) is 5. The molecule has 0 bridgehead atoms.